The van der Waals surface area contributed by atoms with E-state index in [9.17, 15) is 4.79 Å². The molecule has 3 nitrogen and oxygen atoms in total. The van der Waals surface area contributed by atoms with E-state index in [-0.39, 0.29) is 5.97 Å². The van der Waals surface area contributed by atoms with Crippen LogP contribution in [0, 0.1) is 0 Å². The highest BCUT2D eigenvalue weighted by Gasteiger charge is 2.10. The molecule has 0 bridgehead atoms. The molecule has 0 aromatic carbocycles. The molecule has 0 unspecified atom stereocenters. The van der Waals surface area contributed by atoms with Crippen LogP contribution in [0.2, 0.25) is 0 Å². The van der Waals surface area contributed by atoms with Gasteiger partial charge in [0.25, 0.3) is 0 Å². The fourth-order valence-electron chi connectivity index (χ4n) is 1.22. The number of hydrogen-bond acceptors (Lipinski definition) is 4. The van der Waals surface area contributed by atoms with E-state index in [1.54, 1.807) is 6.92 Å². The fraction of sp³-hybridized carbons (Fsp3) is 0.700. The Morgan fingerprint density at radius 2 is 2.14 bits per heavy atom. The second kappa shape index (κ2) is 6.09. The lowest BCUT2D eigenvalue weighted by atomic mass is 10.4. The molecule has 0 aromatic heterocycles. The predicted octanol–water partition coefficient (Wildman–Crippen LogP) is 1.15. The van der Waals surface area contributed by atoms with Crippen LogP contribution in [-0.4, -0.2) is 48.6 Å². The molecule has 1 heterocycles. The monoisotopic (exact) mass is 215 g/mol. The quantitative estimate of drug-likeness (QED) is 0.520. The van der Waals surface area contributed by atoms with Gasteiger partial charge in [-0.25, -0.2) is 4.79 Å². The van der Waals surface area contributed by atoms with E-state index in [4.69, 9.17) is 4.74 Å². The third-order valence-corrected chi connectivity index (χ3v) is 3.04. The minimum Gasteiger partial charge on any atom is -0.461 e. The minimum absolute atomic E-state index is 0.281. The molecular formula is C10H17NO2S. The van der Waals surface area contributed by atoms with Crippen molar-refractivity contribution in [1.82, 2.24) is 4.90 Å². The lowest BCUT2D eigenvalue weighted by Gasteiger charge is -2.25. The first kappa shape index (κ1) is 11.6. The lowest BCUT2D eigenvalue weighted by Crippen LogP contribution is -2.35. The number of thioether (sulfide) groups is 1. The lowest BCUT2D eigenvalue weighted by molar-refractivity contribution is -0.139. The van der Waals surface area contributed by atoms with Gasteiger partial charge in [0.1, 0.15) is 6.61 Å². The SMILES string of the molecule is C=C(C)C(=O)OCCN1CCSCC1. The van der Waals surface area contributed by atoms with Gasteiger partial charge < -0.3 is 4.74 Å². The zero-order valence-electron chi connectivity index (χ0n) is 8.62. The van der Waals surface area contributed by atoms with Crippen LogP contribution >= 0.6 is 11.8 Å². The number of hydrogen-bond donors (Lipinski definition) is 0. The van der Waals surface area contributed by atoms with Crippen molar-refractivity contribution in [2.75, 3.05) is 37.7 Å². The largest absolute Gasteiger partial charge is 0.461 e. The van der Waals surface area contributed by atoms with Crippen molar-refractivity contribution in [3.8, 4) is 0 Å². The molecule has 80 valence electrons. The summed E-state index contributed by atoms with van der Waals surface area (Å²) in [5.74, 6) is 2.10. The van der Waals surface area contributed by atoms with E-state index in [2.05, 4.69) is 11.5 Å². The van der Waals surface area contributed by atoms with Gasteiger partial charge in [-0.1, -0.05) is 6.58 Å². The smallest absolute Gasteiger partial charge is 0.333 e. The summed E-state index contributed by atoms with van der Waals surface area (Å²) in [6.07, 6.45) is 0. The minimum atomic E-state index is -0.281. The molecule has 0 radical (unpaired) electrons. The molecule has 1 saturated heterocycles. The van der Waals surface area contributed by atoms with Gasteiger partial charge in [-0.15, -0.1) is 0 Å². The molecule has 0 spiro atoms. The highest BCUT2D eigenvalue weighted by atomic mass is 32.2. The van der Waals surface area contributed by atoms with Gasteiger partial charge in [-0.2, -0.15) is 11.8 Å². The first-order valence-corrected chi connectivity index (χ1v) is 5.98. The van der Waals surface area contributed by atoms with Crippen molar-refractivity contribution in [1.29, 1.82) is 0 Å². The Balaban J connectivity index is 2.08. The zero-order valence-corrected chi connectivity index (χ0v) is 9.44. The van der Waals surface area contributed by atoms with Crippen LogP contribution in [0.4, 0.5) is 0 Å². The molecule has 0 amide bonds. The number of rotatable bonds is 4. The first-order chi connectivity index (χ1) is 6.70. The van der Waals surface area contributed by atoms with Crippen LogP contribution < -0.4 is 0 Å². The van der Waals surface area contributed by atoms with Gasteiger partial charge in [0, 0.05) is 36.7 Å². The molecule has 14 heavy (non-hydrogen) atoms. The van der Waals surface area contributed by atoms with E-state index in [0.717, 1.165) is 19.6 Å². The Bertz CT molecular complexity index is 212. The number of carbonyl (C=O) groups is 1. The third-order valence-electron chi connectivity index (χ3n) is 2.09. The molecule has 4 heteroatoms. The molecule has 0 aliphatic carbocycles. The van der Waals surface area contributed by atoms with Crippen LogP contribution in [0.25, 0.3) is 0 Å². The summed E-state index contributed by atoms with van der Waals surface area (Å²) in [7, 11) is 0. The van der Waals surface area contributed by atoms with Crippen molar-refractivity contribution in [3.05, 3.63) is 12.2 Å². The van der Waals surface area contributed by atoms with E-state index < -0.39 is 0 Å². The summed E-state index contributed by atoms with van der Waals surface area (Å²) in [4.78, 5) is 13.4. The van der Waals surface area contributed by atoms with E-state index >= 15 is 0 Å². The van der Waals surface area contributed by atoms with Crippen LogP contribution in [0.1, 0.15) is 6.92 Å². The molecular weight excluding hydrogens is 198 g/mol. The summed E-state index contributed by atoms with van der Waals surface area (Å²) >= 11 is 1.98. The Labute approximate surface area is 89.5 Å². The maximum absolute atomic E-state index is 11.0. The van der Waals surface area contributed by atoms with E-state index in [1.807, 2.05) is 11.8 Å². The van der Waals surface area contributed by atoms with Crippen molar-refractivity contribution < 1.29 is 9.53 Å². The molecule has 0 N–H and O–H groups in total. The van der Waals surface area contributed by atoms with Gasteiger partial charge in [0.2, 0.25) is 0 Å². The highest BCUT2D eigenvalue weighted by molar-refractivity contribution is 7.99. The maximum Gasteiger partial charge on any atom is 0.333 e. The van der Waals surface area contributed by atoms with Crippen molar-refractivity contribution in [2.45, 2.75) is 6.92 Å². The number of ether oxygens (including phenoxy) is 1. The number of carbonyl (C=O) groups excluding carboxylic acids is 1. The van der Waals surface area contributed by atoms with Crippen LogP contribution in [-0.2, 0) is 9.53 Å². The molecule has 0 atom stereocenters. The standard InChI is InChI=1S/C10H17NO2S/c1-9(2)10(12)13-6-3-11-4-7-14-8-5-11/h1,3-8H2,2H3. The Hall–Kier alpha value is -0.480. The summed E-state index contributed by atoms with van der Waals surface area (Å²) in [6, 6.07) is 0. The van der Waals surface area contributed by atoms with Gasteiger partial charge >= 0.3 is 5.97 Å². The highest BCUT2D eigenvalue weighted by Crippen LogP contribution is 2.08. The second-order valence-electron chi connectivity index (χ2n) is 3.37. The summed E-state index contributed by atoms with van der Waals surface area (Å²) in [6.45, 7) is 8.74. The number of nitrogens with zero attached hydrogens (tertiary/aromatic N) is 1. The molecule has 1 rings (SSSR count). The normalized spacial score (nSPS) is 17.8. The van der Waals surface area contributed by atoms with Gasteiger partial charge in [0.05, 0.1) is 0 Å². The molecule has 0 saturated carbocycles. The second-order valence-corrected chi connectivity index (χ2v) is 4.60. The summed E-state index contributed by atoms with van der Waals surface area (Å²) in [5.41, 5.74) is 0.471. The Morgan fingerprint density at radius 1 is 1.50 bits per heavy atom. The Morgan fingerprint density at radius 3 is 2.71 bits per heavy atom. The van der Waals surface area contributed by atoms with Gasteiger partial charge in [0.15, 0.2) is 0 Å². The first-order valence-electron chi connectivity index (χ1n) is 4.83. The summed E-state index contributed by atoms with van der Waals surface area (Å²) < 4.78 is 5.02. The summed E-state index contributed by atoms with van der Waals surface area (Å²) in [5, 5.41) is 0. The van der Waals surface area contributed by atoms with E-state index in [1.165, 1.54) is 11.5 Å². The average molecular weight is 215 g/mol. The van der Waals surface area contributed by atoms with Crippen molar-refractivity contribution >= 4 is 17.7 Å². The molecule has 1 aliphatic rings. The van der Waals surface area contributed by atoms with Gasteiger partial charge in [-0.3, -0.25) is 4.90 Å². The number of esters is 1. The topological polar surface area (TPSA) is 29.5 Å². The predicted molar refractivity (Wildman–Crippen MR) is 59.5 cm³/mol. The zero-order chi connectivity index (χ0) is 10.4. The fourth-order valence-corrected chi connectivity index (χ4v) is 2.19. The van der Waals surface area contributed by atoms with Crippen molar-refractivity contribution in [3.63, 3.8) is 0 Å². The van der Waals surface area contributed by atoms with Gasteiger partial charge in [-0.05, 0) is 6.92 Å². The molecule has 1 fully saturated rings. The van der Waals surface area contributed by atoms with Crippen LogP contribution in [0.3, 0.4) is 0 Å². The van der Waals surface area contributed by atoms with Crippen molar-refractivity contribution in [2.24, 2.45) is 0 Å². The Kier molecular flexibility index (Phi) is 5.04. The van der Waals surface area contributed by atoms with Crippen LogP contribution in [0.5, 0.6) is 0 Å². The maximum atomic E-state index is 11.0. The molecule has 0 aromatic rings. The van der Waals surface area contributed by atoms with Crippen LogP contribution in [0.15, 0.2) is 12.2 Å². The third kappa shape index (κ3) is 4.15. The average Bonchev–Trinajstić information content (AvgIpc) is 2.19. The molecule has 1 aliphatic heterocycles. The van der Waals surface area contributed by atoms with E-state index in [0.29, 0.717) is 12.2 Å².